The van der Waals surface area contributed by atoms with Crippen molar-refractivity contribution in [2.75, 3.05) is 7.11 Å². The SMILES string of the molecule is COc1cccc(C(=O)NNS(=O)c2ccccc2)c1. The average Bonchev–Trinajstić information content (AvgIpc) is 2.53. The van der Waals surface area contributed by atoms with Crippen molar-refractivity contribution in [3.63, 3.8) is 0 Å². The van der Waals surface area contributed by atoms with Gasteiger partial charge in [-0.3, -0.25) is 10.2 Å². The molecule has 5 nitrogen and oxygen atoms in total. The molecular formula is C14H14N2O3S. The van der Waals surface area contributed by atoms with Gasteiger partial charge in [0.05, 0.1) is 12.0 Å². The summed E-state index contributed by atoms with van der Waals surface area (Å²) in [6.45, 7) is 0. The zero-order chi connectivity index (χ0) is 14.4. The number of amides is 1. The van der Waals surface area contributed by atoms with Crippen LogP contribution in [0.2, 0.25) is 0 Å². The van der Waals surface area contributed by atoms with E-state index < -0.39 is 11.0 Å². The van der Waals surface area contributed by atoms with Gasteiger partial charge in [0, 0.05) is 5.56 Å². The molecular weight excluding hydrogens is 276 g/mol. The second-order valence-corrected chi connectivity index (χ2v) is 5.08. The molecule has 0 aliphatic rings. The van der Waals surface area contributed by atoms with E-state index in [0.717, 1.165) is 0 Å². The van der Waals surface area contributed by atoms with Gasteiger partial charge in [-0.05, 0) is 30.3 Å². The third-order valence-electron chi connectivity index (χ3n) is 2.55. The summed E-state index contributed by atoms with van der Waals surface area (Å²) >= 11 is 0. The van der Waals surface area contributed by atoms with E-state index >= 15 is 0 Å². The molecule has 0 aliphatic carbocycles. The Morgan fingerprint density at radius 3 is 2.55 bits per heavy atom. The molecule has 2 aromatic rings. The monoisotopic (exact) mass is 290 g/mol. The summed E-state index contributed by atoms with van der Waals surface area (Å²) in [6.07, 6.45) is 0. The quantitative estimate of drug-likeness (QED) is 0.823. The molecule has 2 N–H and O–H groups in total. The van der Waals surface area contributed by atoms with Crippen LogP contribution in [-0.4, -0.2) is 17.2 Å². The highest BCUT2D eigenvalue weighted by Gasteiger charge is 2.08. The van der Waals surface area contributed by atoms with Crippen LogP contribution in [0.15, 0.2) is 59.5 Å². The minimum Gasteiger partial charge on any atom is -0.497 e. The number of carbonyl (C=O) groups is 1. The summed E-state index contributed by atoms with van der Waals surface area (Å²) in [7, 11) is 0.0294. The van der Waals surface area contributed by atoms with Gasteiger partial charge in [-0.25, -0.2) is 4.21 Å². The Hall–Kier alpha value is -2.18. The van der Waals surface area contributed by atoms with Crippen molar-refractivity contribution in [1.82, 2.24) is 10.3 Å². The van der Waals surface area contributed by atoms with Crippen LogP contribution < -0.4 is 15.0 Å². The first-order chi connectivity index (χ1) is 9.70. The first kappa shape index (κ1) is 14.2. The van der Waals surface area contributed by atoms with Crippen LogP contribution in [0, 0.1) is 0 Å². The van der Waals surface area contributed by atoms with Crippen LogP contribution >= 0.6 is 0 Å². The van der Waals surface area contributed by atoms with E-state index in [0.29, 0.717) is 16.2 Å². The van der Waals surface area contributed by atoms with Crippen molar-refractivity contribution >= 4 is 16.9 Å². The van der Waals surface area contributed by atoms with Gasteiger partial charge in [0.15, 0.2) is 0 Å². The number of hydrogen-bond acceptors (Lipinski definition) is 3. The smallest absolute Gasteiger partial charge is 0.266 e. The van der Waals surface area contributed by atoms with Gasteiger partial charge in [-0.2, -0.15) is 0 Å². The van der Waals surface area contributed by atoms with Gasteiger partial charge >= 0.3 is 0 Å². The average molecular weight is 290 g/mol. The molecule has 0 spiro atoms. The van der Waals surface area contributed by atoms with E-state index in [9.17, 15) is 9.00 Å². The third-order valence-corrected chi connectivity index (χ3v) is 3.53. The highest BCUT2D eigenvalue weighted by molar-refractivity contribution is 7.83. The lowest BCUT2D eigenvalue weighted by Crippen LogP contribution is -2.38. The highest BCUT2D eigenvalue weighted by Crippen LogP contribution is 2.12. The molecule has 0 saturated carbocycles. The standard InChI is InChI=1S/C14H14N2O3S/c1-19-12-7-5-6-11(10-12)14(17)15-16-20(18)13-8-3-2-4-9-13/h2-10,16H,1H3,(H,15,17). The van der Waals surface area contributed by atoms with E-state index in [4.69, 9.17) is 4.74 Å². The number of nitrogens with one attached hydrogen (secondary N) is 2. The summed E-state index contributed by atoms with van der Waals surface area (Å²) < 4.78 is 16.9. The fraction of sp³-hybridized carbons (Fsp3) is 0.0714. The van der Waals surface area contributed by atoms with Crippen molar-refractivity contribution < 1.29 is 13.7 Å². The number of carbonyl (C=O) groups excluding carboxylic acids is 1. The lowest BCUT2D eigenvalue weighted by atomic mass is 10.2. The second-order valence-electron chi connectivity index (χ2n) is 3.87. The van der Waals surface area contributed by atoms with Crippen molar-refractivity contribution in [3.05, 3.63) is 60.2 Å². The lowest BCUT2D eigenvalue weighted by molar-refractivity contribution is 0.0946. The normalized spacial score (nSPS) is 11.7. The minimum atomic E-state index is -1.50. The fourth-order valence-electron chi connectivity index (χ4n) is 1.53. The number of benzene rings is 2. The molecule has 0 bridgehead atoms. The maximum absolute atomic E-state index is 11.9. The molecule has 0 radical (unpaired) electrons. The molecule has 1 amide bonds. The molecule has 0 heterocycles. The number of methoxy groups -OCH3 is 1. The molecule has 0 aliphatic heterocycles. The Kier molecular flexibility index (Phi) is 4.86. The summed E-state index contributed by atoms with van der Waals surface area (Å²) in [4.78, 5) is 14.9. The predicted molar refractivity (Wildman–Crippen MR) is 76.4 cm³/mol. The summed E-state index contributed by atoms with van der Waals surface area (Å²) in [5.74, 6) is 0.204. The first-order valence-corrected chi connectivity index (χ1v) is 7.02. The second kappa shape index (κ2) is 6.83. The van der Waals surface area contributed by atoms with Gasteiger partial charge in [-0.15, -0.1) is 4.83 Å². The summed E-state index contributed by atoms with van der Waals surface area (Å²) in [5.41, 5.74) is 2.82. The van der Waals surface area contributed by atoms with Crippen molar-refractivity contribution in [2.24, 2.45) is 0 Å². The number of ether oxygens (including phenoxy) is 1. The topological polar surface area (TPSA) is 67.4 Å². The van der Waals surface area contributed by atoms with Crippen LogP contribution in [0.25, 0.3) is 0 Å². The highest BCUT2D eigenvalue weighted by atomic mass is 32.2. The number of hydrazine groups is 1. The maximum Gasteiger partial charge on any atom is 0.266 e. The van der Waals surface area contributed by atoms with Gasteiger partial charge in [0.25, 0.3) is 5.91 Å². The molecule has 0 saturated heterocycles. The largest absolute Gasteiger partial charge is 0.497 e. The maximum atomic E-state index is 11.9. The van der Waals surface area contributed by atoms with E-state index in [-0.39, 0.29) is 5.91 Å². The Labute approximate surface area is 119 Å². The van der Waals surface area contributed by atoms with Crippen molar-refractivity contribution in [3.8, 4) is 5.75 Å². The fourth-order valence-corrected chi connectivity index (χ4v) is 2.24. The van der Waals surface area contributed by atoms with Crippen molar-refractivity contribution in [1.29, 1.82) is 0 Å². The van der Waals surface area contributed by atoms with Crippen LogP contribution in [-0.2, 0) is 11.0 Å². The summed E-state index contributed by atoms with van der Waals surface area (Å²) in [5, 5.41) is 0. The zero-order valence-electron chi connectivity index (χ0n) is 10.8. The van der Waals surface area contributed by atoms with E-state index in [1.54, 1.807) is 48.5 Å². The van der Waals surface area contributed by atoms with Gasteiger partial charge in [-0.1, -0.05) is 24.3 Å². The first-order valence-electron chi connectivity index (χ1n) is 5.87. The minimum absolute atomic E-state index is 0.381. The van der Waals surface area contributed by atoms with E-state index in [2.05, 4.69) is 10.3 Å². The predicted octanol–water partition coefficient (Wildman–Crippen LogP) is 1.65. The van der Waals surface area contributed by atoms with Crippen molar-refractivity contribution in [2.45, 2.75) is 4.90 Å². The molecule has 1 unspecified atom stereocenters. The molecule has 0 aromatic heterocycles. The molecule has 2 rings (SSSR count). The molecule has 0 fully saturated rings. The van der Waals surface area contributed by atoms with Crippen LogP contribution in [0.3, 0.4) is 0 Å². The molecule has 104 valence electrons. The third kappa shape index (κ3) is 3.66. The zero-order valence-corrected chi connectivity index (χ0v) is 11.6. The lowest BCUT2D eigenvalue weighted by Gasteiger charge is -2.07. The Balaban J connectivity index is 1.97. The summed E-state index contributed by atoms with van der Waals surface area (Å²) in [6, 6.07) is 15.5. The molecule has 20 heavy (non-hydrogen) atoms. The Morgan fingerprint density at radius 1 is 1.10 bits per heavy atom. The van der Waals surface area contributed by atoms with Gasteiger partial charge in [0.2, 0.25) is 0 Å². The number of rotatable bonds is 5. The van der Waals surface area contributed by atoms with Gasteiger partial charge < -0.3 is 4.74 Å². The molecule has 1 atom stereocenters. The van der Waals surface area contributed by atoms with E-state index in [1.165, 1.54) is 7.11 Å². The van der Waals surface area contributed by atoms with Crippen LogP contribution in [0.1, 0.15) is 10.4 Å². The molecule has 6 heteroatoms. The van der Waals surface area contributed by atoms with Crippen LogP contribution in [0.4, 0.5) is 0 Å². The Morgan fingerprint density at radius 2 is 1.85 bits per heavy atom. The Bertz CT molecular complexity index is 617. The van der Waals surface area contributed by atoms with Gasteiger partial charge in [0.1, 0.15) is 16.7 Å². The molecule has 2 aromatic carbocycles. The number of hydrogen-bond donors (Lipinski definition) is 2. The van der Waals surface area contributed by atoms with E-state index in [1.807, 2.05) is 6.07 Å². The van der Waals surface area contributed by atoms with Crippen LogP contribution in [0.5, 0.6) is 5.75 Å².